The van der Waals surface area contributed by atoms with E-state index in [1.165, 1.54) is 17.0 Å². The number of benzene rings is 1. The lowest BCUT2D eigenvalue weighted by atomic mass is 10.1. The number of hydrogen-bond donors (Lipinski definition) is 2. The van der Waals surface area contributed by atoms with Gasteiger partial charge in [-0.3, -0.25) is 4.79 Å². The highest BCUT2D eigenvalue weighted by atomic mass is 32.1. The van der Waals surface area contributed by atoms with Gasteiger partial charge in [-0.25, -0.2) is 4.79 Å². The molecule has 0 aliphatic heterocycles. The molecule has 1 aromatic carbocycles. The molecule has 0 aliphatic rings. The van der Waals surface area contributed by atoms with Gasteiger partial charge in [-0.2, -0.15) is 0 Å². The molecule has 21 heavy (non-hydrogen) atoms. The molecule has 1 unspecified atom stereocenters. The van der Waals surface area contributed by atoms with Crippen LogP contribution in [-0.4, -0.2) is 23.5 Å². The van der Waals surface area contributed by atoms with Gasteiger partial charge in [-0.1, -0.05) is 19.1 Å². The van der Waals surface area contributed by atoms with Crippen molar-refractivity contribution in [3.8, 4) is 0 Å². The van der Waals surface area contributed by atoms with E-state index in [1.54, 1.807) is 23.5 Å². The zero-order valence-corrected chi connectivity index (χ0v) is 12.5. The number of aromatic carboxylic acids is 1. The van der Waals surface area contributed by atoms with Crippen molar-refractivity contribution in [2.75, 3.05) is 6.54 Å². The van der Waals surface area contributed by atoms with E-state index in [4.69, 9.17) is 5.11 Å². The zero-order chi connectivity index (χ0) is 15.2. The number of carbonyl (C=O) groups is 2. The third kappa shape index (κ3) is 4.43. The van der Waals surface area contributed by atoms with Gasteiger partial charge < -0.3 is 10.4 Å². The summed E-state index contributed by atoms with van der Waals surface area (Å²) in [5.41, 5.74) is 0.493. The molecule has 2 N–H and O–H groups in total. The Bertz CT molecular complexity index is 622. The summed E-state index contributed by atoms with van der Waals surface area (Å²) in [6, 6.07) is 10.2. The molecule has 0 spiro atoms. The zero-order valence-electron chi connectivity index (χ0n) is 11.7. The first-order valence-electron chi connectivity index (χ1n) is 6.70. The van der Waals surface area contributed by atoms with Crippen LogP contribution in [0.2, 0.25) is 0 Å². The van der Waals surface area contributed by atoms with Gasteiger partial charge in [-0.15, -0.1) is 11.3 Å². The first kappa shape index (κ1) is 15.3. The number of nitrogens with one attached hydrogen (secondary N) is 1. The number of rotatable bonds is 6. The summed E-state index contributed by atoms with van der Waals surface area (Å²) in [5.74, 6) is -0.943. The summed E-state index contributed by atoms with van der Waals surface area (Å²) in [4.78, 5) is 24.2. The molecular weight excluding hydrogens is 286 g/mol. The van der Waals surface area contributed by atoms with E-state index < -0.39 is 5.97 Å². The van der Waals surface area contributed by atoms with Crippen molar-refractivity contribution < 1.29 is 14.7 Å². The van der Waals surface area contributed by atoms with Gasteiger partial charge in [0.25, 0.3) is 5.91 Å². The maximum Gasteiger partial charge on any atom is 0.335 e. The number of carboxylic acid groups (broad SMARTS) is 1. The lowest BCUT2D eigenvalue weighted by Crippen LogP contribution is -2.29. The number of thiophene rings is 1. The third-order valence-corrected chi connectivity index (χ3v) is 4.01. The van der Waals surface area contributed by atoms with E-state index in [2.05, 4.69) is 18.3 Å². The third-order valence-electron chi connectivity index (χ3n) is 3.11. The van der Waals surface area contributed by atoms with E-state index in [-0.39, 0.29) is 11.5 Å². The molecule has 2 rings (SSSR count). The Morgan fingerprint density at radius 3 is 2.67 bits per heavy atom. The summed E-state index contributed by atoms with van der Waals surface area (Å²) < 4.78 is 0. The highest BCUT2D eigenvalue weighted by molar-refractivity contribution is 7.09. The minimum atomic E-state index is -1.03. The van der Waals surface area contributed by atoms with Crippen LogP contribution in [-0.2, 0) is 6.42 Å². The molecule has 1 heterocycles. The van der Waals surface area contributed by atoms with Gasteiger partial charge in [0.2, 0.25) is 0 Å². The normalized spacial score (nSPS) is 11.9. The van der Waals surface area contributed by atoms with Crippen LogP contribution >= 0.6 is 11.3 Å². The molecule has 0 fully saturated rings. The number of carbonyl (C=O) groups excluding carboxylic acids is 1. The second-order valence-corrected chi connectivity index (χ2v) is 6.02. The maximum atomic E-state index is 12.0. The molecule has 4 nitrogen and oxygen atoms in total. The minimum absolute atomic E-state index is 0.120. The van der Waals surface area contributed by atoms with Crippen LogP contribution in [0.1, 0.15) is 32.5 Å². The quantitative estimate of drug-likeness (QED) is 0.862. The van der Waals surface area contributed by atoms with Crippen molar-refractivity contribution >= 4 is 23.2 Å². The lowest BCUT2D eigenvalue weighted by Gasteiger charge is -2.12. The van der Waals surface area contributed by atoms with Gasteiger partial charge in [0.1, 0.15) is 0 Å². The van der Waals surface area contributed by atoms with Gasteiger partial charge in [0.05, 0.1) is 5.56 Å². The first-order valence-corrected chi connectivity index (χ1v) is 7.58. The lowest BCUT2D eigenvalue weighted by molar-refractivity contribution is 0.0697. The number of carboxylic acids is 1. The van der Waals surface area contributed by atoms with Gasteiger partial charge in [-0.05, 0) is 42.0 Å². The maximum absolute atomic E-state index is 12.0. The van der Waals surface area contributed by atoms with Crippen LogP contribution < -0.4 is 5.32 Å². The van der Waals surface area contributed by atoms with Gasteiger partial charge in [0, 0.05) is 17.0 Å². The van der Waals surface area contributed by atoms with Crippen molar-refractivity contribution in [1.29, 1.82) is 0 Å². The van der Waals surface area contributed by atoms with E-state index in [9.17, 15) is 9.59 Å². The van der Waals surface area contributed by atoms with Crippen LogP contribution in [0.15, 0.2) is 41.8 Å². The Kier molecular flexibility index (Phi) is 5.11. The molecule has 0 radical (unpaired) electrons. The van der Waals surface area contributed by atoms with E-state index in [0.717, 1.165) is 6.42 Å². The molecule has 0 saturated carbocycles. The van der Waals surface area contributed by atoms with Crippen LogP contribution in [0.5, 0.6) is 0 Å². The Labute approximate surface area is 127 Å². The Morgan fingerprint density at radius 2 is 2.00 bits per heavy atom. The standard InChI is InChI=1S/C16H17NO3S/c1-11(8-14-6-3-7-21-14)10-17-15(18)12-4-2-5-13(9-12)16(19)20/h2-7,9,11H,8,10H2,1H3,(H,17,18)(H,19,20). The minimum Gasteiger partial charge on any atom is -0.478 e. The summed E-state index contributed by atoms with van der Waals surface area (Å²) in [6.07, 6.45) is 0.924. The predicted octanol–water partition coefficient (Wildman–Crippen LogP) is 3.05. The van der Waals surface area contributed by atoms with Crippen molar-refractivity contribution in [2.45, 2.75) is 13.3 Å². The molecule has 1 amide bonds. The van der Waals surface area contributed by atoms with Crippen molar-refractivity contribution in [3.63, 3.8) is 0 Å². The topological polar surface area (TPSA) is 66.4 Å². The highest BCUT2D eigenvalue weighted by Crippen LogP contribution is 2.14. The monoisotopic (exact) mass is 303 g/mol. The molecular formula is C16H17NO3S. The summed E-state index contributed by atoms with van der Waals surface area (Å²) >= 11 is 1.71. The van der Waals surface area contributed by atoms with Crippen molar-refractivity contribution in [1.82, 2.24) is 5.32 Å². The number of hydrogen-bond acceptors (Lipinski definition) is 3. The highest BCUT2D eigenvalue weighted by Gasteiger charge is 2.11. The van der Waals surface area contributed by atoms with Crippen LogP contribution in [0.25, 0.3) is 0 Å². The van der Waals surface area contributed by atoms with Crippen LogP contribution in [0, 0.1) is 5.92 Å². The fourth-order valence-electron chi connectivity index (χ4n) is 2.01. The fourth-order valence-corrected chi connectivity index (χ4v) is 2.88. The first-order chi connectivity index (χ1) is 10.1. The Hall–Kier alpha value is -2.14. The van der Waals surface area contributed by atoms with E-state index >= 15 is 0 Å². The smallest absolute Gasteiger partial charge is 0.335 e. The molecule has 2 aromatic rings. The summed E-state index contributed by atoms with van der Waals surface area (Å²) in [5, 5.41) is 13.8. The van der Waals surface area contributed by atoms with Crippen LogP contribution in [0.3, 0.4) is 0 Å². The molecule has 1 atom stereocenters. The molecule has 1 aromatic heterocycles. The van der Waals surface area contributed by atoms with Gasteiger partial charge >= 0.3 is 5.97 Å². The SMILES string of the molecule is CC(CNC(=O)c1cccc(C(=O)O)c1)Cc1cccs1. The van der Waals surface area contributed by atoms with Crippen molar-refractivity contribution in [3.05, 3.63) is 57.8 Å². The average molecular weight is 303 g/mol. The second kappa shape index (κ2) is 7.04. The molecule has 110 valence electrons. The largest absolute Gasteiger partial charge is 0.478 e. The van der Waals surface area contributed by atoms with E-state index in [0.29, 0.717) is 18.0 Å². The van der Waals surface area contributed by atoms with Gasteiger partial charge in [0.15, 0.2) is 0 Å². The van der Waals surface area contributed by atoms with Crippen LogP contribution in [0.4, 0.5) is 0 Å². The Balaban J connectivity index is 1.89. The molecule has 5 heteroatoms. The molecule has 0 bridgehead atoms. The molecule has 0 aliphatic carbocycles. The second-order valence-electron chi connectivity index (χ2n) is 4.98. The summed E-state index contributed by atoms with van der Waals surface area (Å²) in [7, 11) is 0. The average Bonchev–Trinajstić information content (AvgIpc) is 2.97. The Morgan fingerprint density at radius 1 is 1.24 bits per heavy atom. The number of amides is 1. The predicted molar refractivity (Wildman–Crippen MR) is 82.9 cm³/mol. The van der Waals surface area contributed by atoms with Crippen molar-refractivity contribution in [2.24, 2.45) is 5.92 Å². The molecule has 0 saturated heterocycles. The fraction of sp³-hybridized carbons (Fsp3) is 0.250. The van der Waals surface area contributed by atoms with E-state index in [1.807, 2.05) is 11.4 Å². The summed E-state index contributed by atoms with van der Waals surface area (Å²) in [6.45, 7) is 2.64.